The topological polar surface area (TPSA) is 88.2 Å². The number of hydrogen-bond donors (Lipinski definition) is 1. The number of benzene rings is 2. The molecule has 1 aliphatic heterocycles. The first-order valence-electron chi connectivity index (χ1n) is 10.3. The molecular weight excluding hydrogens is 437 g/mol. The van der Waals surface area contributed by atoms with Crippen molar-refractivity contribution in [3.8, 4) is 5.75 Å². The van der Waals surface area contributed by atoms with Crippen LogP contribution in [0.3, 0.4) is 0 Å². The van der Waals surface area contributed by atoms with Gasteiger partial charge in [-0.25, -0.2) is 12.8 Å². The molecule has 0 unspecified atom stereocenters. The third-order valence-electron chi connectivity index (χ3n) is 5.23. The Labute approximate surface area is 188 Å². The number of halogens is 1. The molecule has 0 saturated carbocycles. The summed E-state index contributed by atoms with van der Waals surface area (Å²) in [4.78, 5) is 14.3. The molecule has 1 saturated heterocycles. The third kappa shape index (κ3) is 5.56. The van der Waals surface area contributed by atoms with E-state index in [-0.39, 0.29) is 41.0 Å². The average molecular weight is 466 g/mol. The summed E-state index contributed by atoms with van der Waals surface area (Å²) >= 11 is 0. The fourth-order valence-electron chi connectivity index (χ4n) is 3.45. The minimum absolute atomic E-state index is 0.0474. The van der Waals surface area contributed by atoms with Gasteiger partial charge in [-0.2, -0.15) is 4.31 Å². The molecule has 0 spiro atoms. The summed E-state index contributed by atoms with van der Waals surface area (Å²) in [7, 11) is -0.653. The molecule has 3 rings (SSSR count). The lowest BCUT2D eigenvalue weighted by molar-refractivity contribution is 0.0729. The Balaban J connectivity index is 1.63. The van der Waals surface area contributed by atoms with Crippen molar-refractivity contribution in [3.05, 3.63) is 53.8 Å². The molecule has 0 radical (unpaired) electrons. The minimum atomic E-state index is -3.83. The lowest BCUT2D eigenvalue weighted by atomic mass is 10.2. The average Bonchev–Trinajstić information content (AvgIpc) is 2.82. The van der Waals surface area contributed by atoms with E-state index < -0.39 is 10.0 Å². The highest BCUT2D eigenvalue weighted by molar-refractivity contribution is 7.89. The van der Waals surface area contributed by atoms with Crippen LogP contribution >= 0.6 is 0 Å². The number of rotatable bonds is 9. The first kappa shape index (κ1) is 24.0. The van der Waals surface area contributed by atoms with Crippen LogP contribution in [0.1, 0.15) is 16.8 Å². The molecule has 10 heteroatoms. The molecule has 8 nitrogen and oxygen atoms in total. The maximum atomic E-state index is 13.8. The first-order chi connectivity index (χ1) is 15.3. The van der Waals surface area contributed by atoms with Gasteiger partial charge < -0.3 is 19.7 Å². The van der Waals surface area contributed by atoms with Crippen LogP contribution in [0.4, 0.5) is 10.1 Å². The molecule has 0 aromatic heterocycles. The van der Waals surface area contributed by atoms with Crippen molar-refractivity contribution in [2.24, 2.45) is 0 Å². The summed E-state index contributed by atoms with van der Waals surface area (Å²) in [6.07, 6.45) is 0.589. The van der Waals surface area contributed by atoms with Gasteiger partial charge in [0.05, 0.1) is 26.0 Å². The summed E-state index contributed by atoms with van der Waals surface area (Å²) in [6, 6.07) is 10.8. The minimum Gasteiger partial charge on any atom is -0.495 e. The Morgan fingerprint density at radius 1 is 1.22 bits per heavy atom. The second kappa shape index (κ2) is 10.8. The molecule has 2 aromatic rings. The van der Waals surface area contributed by atoms with E-state index in [0.29, 0.717) is 38.4 Å². The van der Waals surface area contributed by atoms with Crippen molar-refractivity contribution in [1.29, 1.82) is 0 Å². The zero-order valence-corrected chi connectivity index (χ0v) is 19.0. The van der Waals surface area contributed by atoms with Gasteiger partial charge in [0, 0.05) is 38.8 Å². The van der Waals surface area contributed by atoms with Crippen LogP contribution in [-0.2, 0) is 14.8 Å². The zero-order chi connectivity index (χ0) is 23.1. The van der Waals surface area contributed by atoms with Gasteiger partial charge in [-0.1, -0.05) is 12.1 Å². The zero-order valence-electron chi connectivity index (χ0n) is 18.2. The van der Waals surface area contributed by atoms with E-state index in [4.69, 9.17) is 9.47 Å². The maximum absolute atomic E-state index is 13.8. The fourth-order valence-corrected chi connectivity index (χ4v) is 5.04. The molecule has 174 valence electrons. The van der Waals surface area contributed by atoms with Crippen molar-refractivity contribution < 1.29 is 27.1 Å². The van der Waals surface area contributed by atoms with Gasteiger partial charge in [0.25, 0.3) is 5.91 Å². The Bertz CT molecular complexity index is 1040. The standard InChI is InChI=1S/C22H28FN3O5S/c1-25(19-7-4-3-6-18(19)23)11-5-10-24-22(27)17-8-9-20(30-2)21(16-17)32(28,29)26-12-14-31-15-13-26/h3-4,6-9,16H,5,10-15H2,1-2H3,(H,24,27). The van der Waals surface area contributed by atoms with Gasteiger partial charge in [-0.05, 0) is 36.8 Å². The molecule has 1 amide bonds. The molecule has 0 bridgehead atoms. The molecule has 2 aromatic carbocycles. The smallest absolute Gasteiger partial charge is 0.251 e. The SMILES string of the molecule is COc1ccc(C(=O)NCCCN(C)c2ccccc2F)cc1S(=O)(=O)N1CCOCC1. The molecule has 0 aliphatic carbocycles. The van der Waals surface area contributed by atoms with Crippen molar-refractivity contribution in [1.82, 2.24) is 9.62 Å². The second-order valence-electron chi connectivity index (χ2n) is 7.36. The largest absolute Gasteiger partial charge is 0.495 e. The van der Waals surface area contributed by atoms with E-state index in [2.05, 4.69) is 5.32 Å². The number of morpholine rings is 1. The Morgan fingerprint density at radius 2 is 1.94 bits per heavy atom. The summed E-state index contributed by atoms with van der Waals surface area (Å²) in [5.41, 5.74) is 0.715. The summed E-state index contributed by atoms with van der Waals surface area (Å²) < 4.78 is 51.8. The molecule has 0 atom stereocenters. The lowest BCUT2D eigenvalue weighted by Gasteiger charge is -2.26. The number of carbonyl (C=O) groups excluding carboxylic acids is 1. The number of methoxy groups -OCH3 is 1. The maximum Gasteiger partial charge on any atom is 0.251 e. The van der Waals surface area contributed by atoms with Crippen LogP contribution in [0.25, 0.3) is 0 Å². The quantitative estimate of drug-likeness (QED) is 0.571. The van der Waals surface area contributed by atoms with Crippen LogP contribution < -0.4 is 15.0 Å². The van der Waals surface area contributed by atoms with Crippen LogP contribution in [0.15, 0.2) is 47.4 Å². The van der Waals surface area contributed by atoms with E-state index in [1.54, 1.807) is 30.1 Å². The summed E-state index contributed by atoms with van der Waals surface area (Å²) in [5, 5.41) is 2.79. The number of nitrogens with one attached hydrogen (secondary N) is 1. The third-order valence-corrected chi connectivity index (χ3v) is 7.15. The van der Waals surface area contributed by atoms with Crippen molar-refractivity contribution >= 4 is 21.6 Å². The predicted octanol–water partition coefficient (Wildman–Crippen LogP) is 2.11. The number of anilines is 1. The Morgan fingerprint density at radius 3 is 2.62 bits per heavy atom. The number of para-hydroxylation sites is 1. The van der Waals surface area contributed by atoms with Gasteiger partial charge >= 0.3 is 0 Å². The normalized spacial score (nSPS) is 14.7. The van der Waals surface area contributed by atoms with E-state index in [1.165, 1.54) is 35.7 Å². The highest BCUT2D eigenvalue weighted by Crippen LogP contribution is 2.28. The number of nitrogens with zero attached hydrogens (tertiary/aromatic N) is 2. The number of hydrogen-bond acceptors (Lipinski definition) is 6. The molecule has 1 heterocycles. The molecule has 1 fully saturated rings. The Hall–Kier alpha value is -2.69. The molecule has 1 N–H and O–H groups in total. The van der Waals surface area contributed by atoms with Gasteiger partial charge in [0.1, 0.15) is 16.5 Å². The predicted molar refractivity (Wildman–Crippen MR) is 119 cm³/mol. The molecular formula is C22H28FN3O5S. The van der Waals surface area contributed by atoms with E-state index in [0.717, 1.165) is 0 Å². The van der Waals surface area contributed by atoms with Gasteiger partial charge in [0.2, 0.25) is 10.0 Å². The van der Waals surface area contributed by atoms with E-state index >= 15 is 0 Å². The second-order valence-corrected chi connectivity index (χ2v) is 9.27. The Kier molecular flexibility index (Phi) is 8.05. The monoisotopic (exact) mass is 465 g/mol. The van der Waals surface area contributed by atoms with E-state index in [9.17, 15) is 17.6 Å². The van der Waals surface area contributed by atoms with Crippen LogP contribution in [-0.4, -0.2) is 72.2 Å². The number of sulfonamides is 1. The molecule has 32 heavy (non-hydrogen) atoms. The highest BCUT2D eigenvalue weighted by atomic mass is 32.2. The van der Waals surface area contributed by atoms with Crippen molar-refractivity contribution in [3.63, 3.8) is 0 Å². The number of ether oxygens (including phenoxy) is 2. The van der Waals surface area contributed by atoms with Gasteiger partial charge in [-0.15, -0.1) is 0 Å². The van der Waals surface area contributed by atoms with E-state index in [1.807, 2.05) is 0 Å². The van der Waals surface area contributed by atoms with Gasteiger partial charge in [-0.3, -0.25) is 4.79 Å². The van der Waals surface area contributed by atoms with Crippen LogP contribution in [0.2, 0.25) is 0 Å². The first-order valence-corrected chi connectivity index (χ1v) is 11.8. The lowest BCUT2D eigenvalue weighted by Crippen LogP contribution is -2.40. The van der Waals surface area contributed by atoms with Crippen molar-refractivity contribution in [2.45, 2.75) is 11.3 Å². The summed E-state index contributed by atoms with van der Waals surface area (Å²) in [6.45, 7) is 2.04. The fraction of sp³-hybridized carbons (Fsp3) is 0.409. The summed E-state index contributed by atoms with van der Waals surface area (Å²) in [5.74, 6) is -0.509. The van der Waals surface area contributed by atoms with Crippen LogP contribution in [0.5, 0.6) is 5.75 Å². The van der Waals surface area contributed by atoms with Gasteiger partial charge in [0.15, 0.2) is 0 Å². The molecule has 1 aliphatic rings. The highest BCUT2D eigenvalue weighted by Gasteiger charge is 2.30. The van der Waals surface area contributed by atoms with Crippen LogP contribution in [0, 0.1) is 5.82 Å². The van der Waals surface area contributed by atoms with Crippen molar-refractivity contribution in [2.75, 3.05) is 58.5 Å². The number of carbonyl (C=O) groups is 1. The number of amides is 1.